The Morgan fingerprint density at radius 3 is 2.84 bits per heavy atom. The minimum atomic E-state index is 0.164. The first-order chi connectivity index (χ1) is 9.19. The van der Waals surface area contributed by atoms with Crippen LogP contribution in [0.3, 0.4) is 0 Å². The third kappa shape index (κ3) is 5.04. The Morgan fingerprint density at radius 1 is 1.42 bits per heavy atom. The van der Waals surface area contributed by atoms with Crippen molar-refractivity contribution in [3.63, 3.8) is 0 Å². The van der Waals surface area contributed by atoms with Gasteiger partial charge in [0, 0.05) is 11.1 Å². The van der Waals surface area contributed by atoms with Gasteiger partial charge in [0.25, 0.3) is 0 Å². The Labute approximate surface area is 121 Å². The Hall–Kier alpha value is -0.730. The number of rotatable bonds is 8. The summed E-state index contributed by atoms with van der Waals surface area (Å²) in [4.78, 5) is 0. The normalized spacial score (nSPS) is 18.1. The van der Waals surface area contributed by atoms with Gasteiger partial charge < -0.3 is 10.1 Å². The maximum Gasteiger partial charge on any atom is 0.121 e. The largest absolute Gasteiger partial charge is 0.489 e. The number of benzene rings is 1. The average molecular weight is 282 g/mol. The summed E-state index contributed by atoms with van der Waals surface area (Å²) in [5.74, 6) is 1.83. The Kier molecular flexibility index (Phi) is 5.53. The van der Waals surface area contributed by atoms with E-state index in [4.69, 9.17) is 16.3 Å². The van der Waals surface area contributed by atoms with E-state index in [1.54, 1.807) is 0 Å². The van der Waals surface area contributed by atoms with Crippen molar-refractivity contribution >= 4 is 11.6 Å². The lowest BCUT2D eigenvalue weighted by molar-refractivity contribution is 0.163. The fourth-order valence-electron chi connectivity index (χ4n) is 2.42. The summed E-state index contributed by atoms with van der Waals surface area (Å²) in [6.07, 6.45) is 5.52. The molecule has 0 radical (unpaired) electrons. The van der Waals surface area contributed by atoms with Crippen LogP contribution in [0.15, 0.2) is 24.3 Å². The maximum absolute atomic E-state index is 6.02. The second-order valence-electron chi connectivity index (χ2n) is 5.47. The highest BCUT2D eigenvalue weighted by Crippen LogP contribution is 2.34. The van der Waals surface area contributed by atoms with Crippen molar-refractivity contribution in [3.8, 4) is 5.75 Å². The molecule has 1 N–H and O–H groups in total. The van der Waals surface area contributed by atoms with Gasteiger partial charge in [0.1, 0.15) is 11.9 Å². The number of hydrogen-bond acceptors (Lipinski definition) is 2. The summed E-state index contributed by atoms with van der Waals surface area (Å²) in [7, 11) is 0. The lowest BCUT2D eigenvalue weighted by Gasteiger charge is -2.26. The molecule has 0 saturated heterocycles. The molecule has 19 heavy (non-hydrogen) atoms. The van der Waals surface area contributed by atoms with Gasteiger partial charge in [0.05, 0.1) is 0 Å². The Bertz CT molecular complexity index is 392. The van der Waals surface area contributed by atoms with Gasteiger partial charge >= 0.3 is 0 Å². The molecule has 1 aromatic carbocycles. The number of hydrogen-bond donors (Lipinski definition) is 1. The van der Waals surface area contributed by atoms with Gasteiger partial charge in [-0.2, -0.15) is 0 Å². The van der Waals surface area contributed by atoms with E-state index in [0.717, 1.165) is 23.2 Å². The monoisotopic (exact) mass is 281 g/mol. The van der Waals surface area contributed by atoms with Crippen molar-refractivity contribution in [1.29, 1.82) is 0 Å². The molecule has 1 aliphatic carbocycles. The van der Waals surface area contributed by atoms with Crippen molar-refractivity contribution < 1.29 is 4.74 Å². The molecule has 106 valence electrons. The van der Waals surface area contributed by atoms with Gasteiger partial charge in [-0.25, -0.2) is 0 Å². The fraction of sp³-hybridized carbons (Fsp3) is 0.625. The molecule has 1 aliphatic rings. The third-order valence-corrected chi connectivity index (χ3v) is 3.97. The average Bonchev–Trinajstić information content (AvgIpc) is 3.18. The molecule has 0 bridgehead atoms. The van der Waals surface area contributed by atoms with Crippen molar-refractivity contribution in [2.75, 3.05) is 6.54 Å². The maximum atomic E-state index is 6.02. The van der Waals surface area contributed by atoms with Gasteiger partial charge in [-0.3, -0.25) is 0 Å². The first-order valence-electron chi connectivity index (χ1n) is 7.34. The number of nitrogens with one attached hydrogen (secondary N) is 1. The standard InChI is InChI=1S/C16H24ClNO/c1-3-18-16(10-9-13-7-8-13)12(2)19-15-6-4-5-14(17)11-15/h4-6,11-13,16,18H,3,7-10H2,1-2H3. The molecular formula is C16H24ClNO. The lowest BCUT2D eigenvalue weighted by Crippen LogP contribution is -2.41. The topological polar surface area (TPSA) is 21.3 Å². The summed E-state index contributed by atoms with van der Waals surface area (Å²) < 4.78 is 6.02. The predicted molar refractivity (Wildman–Crippen MR) is 81.0 cm³/mol. The van der Waals surface area contributed by atoms with Gasteiger partial charge in [0.2, 0.25) is 0 Å². The van der Waals surface area contributed by atoms with E-state index >= 15 is 0 Å². The summed E-state index contributed by atoms with van der Waals surface area (Å²) in [6, 6.07) is 8.06. The molecule has 1 fully saturated rings. The van der Waals surface area contributed by atoms with Gasteiger partial charge in [-0.1, -0.05) is 37.4 Å². The molecule has 1 aromatic rings. The van der Waals surface area contributed by atoms with Crippen molar-refractivity contribution in [3.05, 3.63) is 29.3 Å². The molecule has 0 aliphatic heterocycles. The smallest absolute Gasteiger partial charge is 0.121 e. The van der Waals surface area contributed by atoms with Crippen LogP contribution in [-0.4, -0.2) is 18.7 Å². The highest BCUT2D eigenvalue weighted by Gasteiger charge is 2.25. The van der Waals surface area contributed by atoms with Crippen LogP contribution in [-0.2, 0) is 0 Å². The van der Waals surface area contributed by atoms with Gasteiger partial charge in [-0.05, 0) is 50.4 Å². The van der Waals surface area contributed by atoms with Crippen molar-refractivity contribution in [1.82, 2.24) is 5.32 Å². The SMILES string of the molecule is CCNC(CCC1CC1)C(C)Oc1cccc(Cl)c1. The quantitative estimate of drug-likeness (QED) is 0.768. The molecule has 2 nitrogen and oxygen atoms in total. The summed E-state index contributed by atoms with van der Waals surface area (Å²) in [5.41, 5.74) is 0. The summed E-state index contributed by atoms with van der Waals surface area (Å²) in [6.45, 7) is 5.27. The molecule has 3 heteroatoms. The molecule has 2 atom stereocenters. The molecule has 2 unspecified atom stereocenters. The van der Waals surface area contributed by atoms with Crippen LogP contribution < -0.4 is 10.1 Å². The second-order valence-corrected chi connectivity index (χ2v) is 5.90. The number of likely N-dealkylation sites (N-methyl/N-ethyl adjacent to an activating group) is 1. The van der Waals surface area contributed by atoms with E-state index in [1.807, 2.05) is 24.3 Å². The van der Waals surface area contributed by atoms with Crippen LogP contribution in [0.5, 0.6) is 5.75 Å². The highest BCUT2D eigenvalue weighted by atomic mass is 35.5. The molecule has 2 rings (SSSR count). The summed E-state index contributed by atoms with van der Waals surface area (Å²) >= 11 is 5.98. The van der Waals surface area contributed by atoms with E-state index in [1.165, 1.54) is 25.7 Å². The van der Waals surface area contributed by atoms with Gasteiger partial charge in [0.15, 0.2) is 0 Å². The van der Waals surface area contributed by atoms with Crippen LogP contribution >= 0.6 is 11.6 Å². The van der Waals surface area contributed by atoms with E-state index in [-0.39, 0.29) is 6.10 Å². The zero-order valence-corrected chi connectivity index (χ0v) is 12.6. The molecule has 0 heterocycles. The van der Waals surface area contributed by atoms with E-state index in [2.05, 4.69) is 19.2 Å². The van der Waals surface area contributed by atoms with E-state index in [0.29, 0.717) is 6.04 Å². The second kappa shape index (κ2) is 7.16. The van der Waals surface area contributed by atoms with Crippen LogP contribution in [0.2, 0.25) is 5.02 Å². The van der Waals surface area contributed by atoms with Crippen molar-refractivity contribution in [2.24, 2.45) is 5.92 Å². The minimum Gasteiger partial charge on any atom is -0.489 e. The zero-order valence-electron chi connectivity index (χ0n) is 11.9. The third-order valence-electron chi connectivity index (χ3n) is 3.73. The fourth-order valence-corrected chi connectivity index (χ4v) is 2.60. The van der Waals surface area contributed by atoms with Gasteiger partial charge in [-0.15, -0.1) is 0 Å². The van der Waals surface area contributed by atoms with Crippen LogP contribution in [0.4, 0.5) is 0 Å². The molecule has 0 aromatic heterocycles. The molecule has 1 saturated carbocycles. The van der Waals surface area contributed by atoms with Crippen LogP contribution in [0.1, 0.15) is 39.5 Å². The first kappa shape index (κ1) is 14.7. The van der Waals surface area contributed by atoms with Crippen molar-refractivity contribution in [2.45, 2.75) is 51.7 Å². The lowest BCUT2D eigenvalue weighted by atomic mass is 10.0. The summed E-state index contributed by atoms with van der Waals surface area (Å²) in [5, 5.41) is 4.27. The first-order valence-corrected chi connectivity index (χ1v) is 7.72. The number of halogens is 1. The Morgan fingerprint density at radius 2 is 2.21 bits per heavy atom. The zero-order chi connectivity index (χ0) is 13.7. The Balaban J connectivity index is 1.87. The highest BCUT2D eigenvalue weighted by molar-refractivity contribution is 6.30. The van der Waals surface area contributed by atoms with E-state index < -0.39 is 0 Å². The number of ether oxygens (including phenoxy) is 1. The van der Waals surface area contributed by atoms with E-state index in [9.17, 15) is 0 Å². The molecule has 0 spiro atoms. The van der Waals surface area contributed by atoms with Crippen LogP contribution in [0, 0.1) is 5.92 Å². The molecular weight excluding hydrogens is 258 g/mol. The van der Waals surface area contributed by atoms with Crippen LogP contribution in [0.25, 0.3) is 0 Å². The molecule has 0 amide bonds. The predicted octanol–water partition coefficient (Wildman–Crippen LogP) is 4.28. The minimum absolute atomic E-state index is 0.164.